The second kappa shape index (κ2) is 6.58. The minimum atomic E-state index is -0.0186. The van der Waals surface area contributed by atoms with E-state index in [1.807, 2.05) is 30.3 Å². The van der Waals surface area contributed by atoms with Gasteiger partial charge in [0.05, 0.1) is 5.92 Å². The molecule has 0 saturated carbocycles. The number of carbonyl (C=O) groups is 1. The minimum absolute atomic E-state index is 0.000325. The van der Waals surface area contributed by atoms with Crippen molar-refractivity contribution in [1.29, 1.82) is 0 Å². The highest BCUT2D eigenvalue weighted by Gasteiger charge is 2.34. The fourth-order valence-corrected chi connectivity index (χ4v) is 2.56. The van der Waals surface area contributed by atoms with E-state index < -0.39 is 0 Å². The molecule has 0 unspecified atom stereocenters. The molecule has 0 radical (unpaired) electrons. The number of rotatable bonds is 6. The fraction of sp³-hybridized carbons (Fsp3) is 0.562. The Morgan fingerprint density at radius 2 is 1.94 bits per heavy atom. The number of cyclic esters (lactones) is 1. The average molecular weight is 246 g/mol. The monoisotopic (exact) mass is 246 g/mol. The Morgan fingerprint density at radius 1 is 1.17 bits per heavy atom. The molecule has 2 heteroatoms. The Bertz CT molecular complexity index is 372. The number of benzene rings is 1. The highest BCUT2D eigenvalue weighted by atomic mass is 16.5. The van der Waals surface area contributed by atoms with Crippen LogP contribution in [0.1, 0.15) is 57.1 Å². The number of unbranched alkanes of at least 4 members (excludes halogenated alkanes) is 3. The molecule has 2 rings (SSSR count). The number of carbonyl (C=O) groups excluding carboxylic acids is 1. The van der Waals surface area contributed by atoms with E-state index in [9.17, 15) is 4.79 Å². The first-order valence-corrected chi connectivity index (χ1v) is 7.06. The van der Waals surface area contributed by atoms with Gasteiger partial charge in [-0.3, -0.25) is 4.79 Å². The van der Waals surface area contributed by atoms with Gasteiger partial charge in [-0.05, 0) is 12.0 Å². The molecule has 1 aliphatic rings. The van der Waals surface area contributed by atoms with Crippen molar-refractivity contribution >= 4 is 5.97 Å². The maximum absolute atomic E-state index is 11.8. The van der Waals surface area contributed by atoms with Crippen molar-refractivity contribution in [2.75, 3.05) is 0 Å². The minimum Gasteiger partial charge on any atom is -0.457 e. The molecule has 2 nitrogen and oxygen atoms in total. The first-order chi connectivity index (χ1) is 8.81. The molecule has 1 aromatic carbocycles. The molecule has 0 N–H and O–H groups in total. The predicted molar refractivity (Wildman–Crippen MR) is 72.1 cm³/mol. The molecule has 1 aliphatic heterocycles. The SMILES string of the molecule is CCCCCC[C@H]1C[C@@H](c2ccccc2)OC1=O. The van der Waals surface area contributed by atoms with Crippen LogP contribution in [0.15, 0.2) is 30.3 Å². The van der Waals surface area contributed by atoms with Crippen LogP contribution in [-0.2, 0) is 9.53 Å². The lowest BCUT2D eigenvalue weighted by Crippen LogP contribution is -2.06. The van der Waals surface area contributed by atoms with E-state index in [-0.39, 0.29) is 18.0 Å². The molecule has 0 bridgehead atoms. The quantitative estimate of drug-likeness (QED) is 0.553. The van der Waals surface area contributed by atoms with Gasteiger partial charge >= 0.3 is 5.97 Å². The zero-order valence-electron chi connectivity index (χ0n) is 11.1. The van der Waals surface area contributed by atoms with Gasteiger partial charge in [0, 0.05) is 6.42 Å². The molecule has 0 aliphatic carbocycles. The second-order valence-corrected chi connectivity index (χ2v) is 5.12. The predicted octanol–water partition coefficient (Wildman–Crippen LogP) is 4.26. The zero-order chi connectivity index (χ0) is 12.8. The largest absolute Gasteiger partial charge is 0.457 e. The molecule has 1 saturated heterocycles. The van der Waals surface area contributed by atoms with Crippen molar-refractivity contribution in [3.05, 3.63) is 35.9 Å². The van der Waals surface area contributed by atoms with Gasteiger partial charge in [-0.2, -0.15) is 0 Å². The molecule has 98 valence electrons. The number of ether oxygens (including phenoxy) is 1. The standard InChI is InChI=1S/C16H22O2/c1-2-3-4-6-11-14-12-15(18-16(14)17)13-9-7-5-8-10-13/h5,7-10,14-15H,2-4,6,11-12H2,1H3/t14-,15-/m0/s1. The Balaban J connectivity index is 1.83. The lowest BCUT2D eigenvalue weighted by Gasteiger charge is -2.08. The van der Waals surface area contributed by atoms with Crippen LogP contribution < -0.4 is 0 Å². The van der Waals surface area contributed by atoms with E-state index in [1.54, 1.807) is 0 Å². The number of hydrogen-bond acceptors (Lipinski definition) is 2. The van der Waals surface area contributed by atoms with Gasteiger partial charge in [-0.1, -0.05) is 62.9 Å². The van der Waals surface area contributed by atoms with Crippen LogP contribution >= 0.6 is 0 Å². The van der Waals surface area contributed by atoms with Crippen LogP contribution in [0.2, 0.25) is 0 Å². The summed E-state index contributed by atoms with van der Waals surface area (Å²) in [5, 5.41) is 0. The van der Waals surface area contributed by atoms with Gasteiger partial charge in [0.2, 0.25) is 0 Å². The third-order valence-corrected chi connectivity index (χ3v) is 3.67. The van der Waals surface area contributed by atoms with E-state index in [1.165, 1.54) is 19.3 Å². The summed E-state index contributed by atoms with van der Waals surface area (Å²) in [6.45, 7) is 2.20. The third-order valence-electron chi connectivity index (χ3n) is 3.67. The normalized spacial score (nSPS) is 23.1. The first-order valence-electron chi connectivity index (χ1n) is 7.06. The maximum Gasteiger partial charge on any atom is 0.309 e. The molecule has 0 spiro atoms. The van der Waals surface area contributed by atoms with Crippen LogP contribution in [0.5, 0.6) is 0 Å². The molecular formula is C16H22O2. The van der Waals surface area contributed by atoms with Gasteiger partial charge in [0.25, 0.3) is 0 Å². The van der Waals surface area contributed by atoms with Gasteiger partial charge < -0.3 is 4.74 Å². The van der Waals surface area contributed by atoms with E-state index in [2.05, 4.69) is 6.92 Å². The molecule has 18 heavy (non-hydrogen) atoms. The van der Waals surface area contributed by atoms with Crippen LogP contribution in [0.3, 0.4) is 0 Å². The van der Waals surface area contributed by atoms with Gasteiger partial charge in [0.15, 0.2) is 0 Å². The summed E-state index contributed by atoms with van der Waals surface area (Å²) in [7, 11) is 0. The Morgan fingerprint density at radius 3 is 2.67 bits per heavy atom. The molecule has 1 fully saturated rings. The van der Waals surface area contributed by atoms with Crippen LogP contribution in [-0.4, -0.2) is 5.97 Å². The summed E-state index contributed by atoms with van der Waals surface area (Å²) in [6.07, 6.45) is 6.71. The highest BCUT2D eigenvalue weighted by Crippen LogP contribution is 2.35. The van der Waals surface area contributed by atoms with Gasteiger partial charge in [-0.15, -0.1) is 0 Å². The van der Waals surface area contributed by atoms with Crippen molar-refractivity contribution in [1.82, 2.24) is 0 Å². The Hall–Kier alpha value is -1.31. The average Bonchev–Trinajstić information content (AvgIpc) is 2.77. The van der Waals surface area contributed by atoms with Crippen molar-refractivity contribution in [2.45, 2.75) is 51.6 Å². The summed E-state index contributed by atoms with van der Waals surface area (Å²) in [5.74, 6) is 0.118. The highest BCUT2D eigenvalue weighted by molar-refractivity contribution is 5.74. The summed E-state index contributed by atoms with van der Waals surface area (Å²) < 4.78 is 5.48. The van der Waals surface area contributed by atoms with Crippen molar-refractivity contribution in [3.63, 3.8) is 0 Å². The van der Waals surface area contributed by atoms with Crippen molar-refractivity contribution in [2.24, 2.45) is 5.92 Å². The zero-order valence-corrected chi connectivity index (χ0v) is 11.1. The van der Waals surface area contributed by atoms with E-state index >= 15 is 0 Å². The molecule has 0 amide bonds. The van der Waals surface area contributed by atoms with Crippen LogP contribution in [0, 0.1) is 5.92 Å². The van der Waals surface area contributed by atoms with Crippen molar-refractivity contribution in [3.8, 4) is 0 Å². The molecule has 1 heterocycles. The van der Waals surface area contributed by atoms with Crippen LogP contribution in [0.25, 0.3) is 0 Å². The molecule has 1 aromatic rings. The van der Waals surface area contributed by atoms with E-state index in [0.29, 0.717) is 0 Å². The molecule has 0 aromatic heterocycles. The van der Waals surface area contributed by atoms with E-state index in [0.717, 1.165) is 24.8 Å². The molecular weight excluding hydrogens is 224 g/mol. The summed E-state index contributed by atoms with van der Waals surface area (Å²) >= 11 is 0. The van der Waals surface area contributed by atoms with Crippen molar-refractivity contribution < 1.29 is 9.53 Å². The first kappa shape index (κ1) is 13.1. The van der Waals surface area contributed by atoms with Gasteiger partial charge in [0.1, 0.15) is 6.10 Å². The summed E-state index contributed by atoms with van der Waals surface area (Å²) in [5.41, 5.74) is 1.13. The maximum atomic E-state index is 11.8. The second-order valence-electron chi connectivity index (χ2n) is 5.12. The Kier molecular flexibility index (Phi) is 4.80. The molecule has 2 atom stereocenters. The lowest BCUT2D eigenvalue weighted by atomic mass is 9.95. The smallest absolute Gasteiger partial charge is 0.309 e. The summed E-state index contributed by atoms with van der Waals surface area (Å²) in [4.78, 5) is 11.8. The summed E-state index contributed by atoms with van der Waals surface area (Å²) in [6, 6.07) is 10.1. The number of esters is 1. The topological polar surface area (TPSA) is 26.3 Å². The van der Waals surface area contributed by atoms with Crippen LogP contribution in [0.4, 0.5) is 0 Å². The van der Waals surface area contributed by atoms with E-state index in [4.69, 9.17) is 4.74 Å². The third kappa shape index (κ3) is 3.34. The lowest BCUT2D eigenvalue weighted by molar-refractivity contribution is -0.144. The fourth-order valence-electron chi connectivity index (χ4n) is 2.56. The van der Waals surface area contributed by atoms with Gasteiger partial charge in [-0.25, -0.2) is 0 Å². The Labute approximate surface area is 109 Å². The number of hydrogen-bond donors (Lipinski definition) is 0.